The highest BCUT2D eigenvalue weighted by Crippen LogP contribution is 2.27. The molecular formula is C25H32N2O3. The van der Waals surface area contributed by atoms with Crippen LogP contribution in [0.3, 0.4) is 0 Å². The van der Waals surface area contributed by atoms with Crippen molar-refractivity contribution in [2.75, 3.05) is 18.0 Å². The summed E-state index contributed by atoms with van der Waals surface area (Å²) in [4.78, 5) is 18.2. The maximum absolute atomic E-state index is 11.3. The number of aromatic nitrogens is 1. The van der Waals surface area contributed by atoms with Gasteiger partial charge in [0.1, 0.15) is 29.2 Å². The lowest BCUT2D eigenvalue weighted by Gasteiger charge is -2.19. The number of nitrogens with zero attached hydrogens (tertiary/aromatic N) is 2. The van der Waals surface area contributed by atoms with E-state index in [-0.39, 0.29) is 17.8 Å². The molecule has 1 aromatic heterocycles. The summed E-state index contributed by atoms with van der Waals surface area (Å²) in [5, 5.41) is 0. The molecule has 0 N–H and O–H groups in total. The average molecular weight is 409 g/mol. The van der Waals surface area contributed by atoms with Gasteiger partial charge in [-0.25, -0.2) is 4.98 Å². The molecule has 1 aliphatic heterocycles. The number of hydrogen-bond donors (Lipinski definition) is 0. The molecule has 30 heavy (non-hydrogen) atoms. The van der Waals surface area contributed by atoms with Gasteiger partial charge >= 0.3 is 0 Å². The van der Waals surface area contributed by atoms with Gasteiger partial charge in [0.15, 0.2) is 0 Å². The van der Waals surface area contributed by atoms with Crippen LogP contribution in [0.2, 0.25) is 0 Å². The van der Waals surface area contributed by atoms with Gasteiger partial charge in [0, 0.05) is 19.4 Å². The van der Waals surface area contributed by atoms with Gasteiger partial charge < -0.3 is 19.2 Å². The molecule has 1 saturated carbocycles. The number of anilines is 1. The van der Waals surface area contributed by atoms with Crippen molar-refractivity contribution in [1.29, 1.82) is 0 Å². The summed E-state index contributed by atoms with van der Waals surface area (Å²) >= 11 is 0. The molecule has 1 aromatic carbocycles. The van der Waals surface area contributed by atoms with Crippen molar-refractivity contribution in [1.82, 2.24) is 4.98 Å². The predicted octanol–water partition coefficient (Wildman–Crippen LogP) is 5.14. The van der Waals surface area contributed by atoms with Crippen LogP contribution < -0.4 is 14.4 Å². The third-order valence-electron chi connectivity index (χ3n) is 6.14. The second-order valence-electron chi connectivity index (χ2n) is 8.73. The second kappa shape index (κ2) is 9.50. The average Bonchev–Trinajstić information content (AvgIpc) is 3.41. The van der Waals surface area contributed by atoms with Gasteiger partial charge in [0.25, 0.3) is 0 Å². The minimum Gasteiger partial charge on any atom is -0.489 e. The van der Waals surface area contributed by atoms with Gasteiger partial charge in [-0.15, -0.1) is 0 Å². The fourth-order valence-corrected chi connectivity index (χ4v) is 4.48. The van der Waals surface area contributed by atoms with E-state index in [0.717, 1.165) is 49.7 Å². The number of ketones is 1. The number of hydrogen-bond acceptors (Lipinski definition) is 5. The number of carbonyl (C=O) groups excluding carboxylic acids is 1. The third kappa shape index (κ3) is 5.32. The minimum atomic E-state index is 0.154. The zero-order chi connectivity index (χ0) is 20.9. The monoisotopic (exact) mass is 408 g/mol. The van der Waals surface area contributed by atoms with Crippen molar-refractivity contribution in [3.63, 3.8) is 0 Å². The van der Waals surface area contributed by atoms with Gasteiger partial charge in [-0.2, -0.15) is 0 Å². The SMILES string of the molecule is CC(=O)C[C@@H](C)c1ccc(OC2CCN(c3ccc(OC4CCCC4)cn3)C2)cc1. The molecule has 2 aliphatic rings. The number of rotatable bonds is 8. The molecular weight excluding hydrogens is 376 g/mol. The van der Waals surface area contributed by atoms with E-state index < -0.39 is 0 Å². The van der Waals surface area contributed by atoms with E-state index in [1.54, 1.807) is 6.92 Å². The zero-order valence-corrected chi connectivity index (χ0v) is 18.0. The standard InChI is InChI=1S/C25H32N2O3/c1-18(15-19(2)28)20-7-9-22(10-8-20)30-24-13-14-27(17-24)25-12-11-23(16-26-25)29-21-5-3-4-6-21/h7-12,16,18,21,24H,3-6,13-15,17H2,1-2H3/t18-,24?/m1/s1. The van der Waals surface area contributed by atoms with Crippen LogP contribution in [0, 0.1) is 0 Å². The smallest absolute Gasteiger partial charge is 0.138 e. The summed E-state index contributed by atoms with van der Waals surface area (Å²) in [5.41, 5.74) is 1.18. The van der Waals surface area contributed by atoms with Crippen molar-refractivity contribution < 1.29 is 14.3 Å². The van der Waals surface area contributed by atoms with Crippen LogP contribution in [0.4, 0.5) is 5.82 Å². The van der Waals surface area contributed by atoms with E-state index in [4.69, 9.17) is 9.47 Å². The summed E-state index contributed by atoms with van der Waals surface area (Å²) < 4.78 is 12.2. The summed E-state index contributed by atoms with van der Waals surface area (Å²) in [6.45, 7) is 5.50. The number of ether oxygens (including phenoxy) is 2. The maximum Gasteiger partial charge on any atom is 0.138 e. The second-order valence-corrected chi connectivity index (χ2v) is 8.73. The number of Topliss-reactive ketones (excluding diaryl/α,β-unsaturated/α-hetero) is 1. The van der Waals surface area contributed by atoms with Crippen molar-refractivity contribution >= 4 is 11.6 Å². The molecule has 1 saturated heterocycles. The van der Waals surface area contributed by atoms with Crippen LogP contribution in [0.5, 0.6) is 11.5 Å². The highest BCUT2D eigenvalue weighted by atomic mass is 16.5. The Balaban J connectivity index is 1.28. The molecule has 2 atom stereocenters. The van der Waals surface area contributed by atoms with Gasteiger partial charge in [-0.05, 0) is 68.4 Å². The summed E-state index contributed by atoms with van der Waals surface area (Å²) in [5.74, 6) is 3.20. The lowest BCUT2D eigenvalue weighted by molar-refractivity contribution is -0.117. The highest BCUT2D eigenvalue weighted by Gasteiger charge is 2.25. The van der Waals surface area contributed by atoms with Crippen LogP contribution in [0.1, 0.15) is 63.9 Å². The van der Waals surface area contributed by atoms with Crippen LogP contribution in [0.15, 0.2) is 42.6 Å². The van der Waals surface area contributed by atoms with Gasteiger partial charge in [-0.3, -0.25) is 0 Å². The van der Waals surface area contributed by atoms with Crippen molar-refractivity contribution in [2.24, 2.45) is 0 Å². The van der Waals surface area contributed by atoms with E-state index >= 15 is 0 Å². The fourth-order valence-electron chi connectivity index (χ4n) is 4.48. The van der Waals surface area contributed by atoms with Gasteiger partial charge in [0.05, 0.1) is 18.8 Å². The number of benzene rings is 1. The minimum absolute atomic E-state index is 0.154. The molecule has 1 unspecified atom stereocenters. The summed E-state index contributed by atoms with van der Waals surface area (Å²) in [6, 6.07) is 12.3. The quantitative estimate of drug-likeness (QED) is 0.605. The first-order valence-corrected chi connectivity index (χ1v) is 11.2. The highest BCUT2D eigenvalue weighted by molar-refractivity contribution is 5.76. The molecule has 5 heteroatoms. The lowest BCUT2D eigenvalue weighted by atomic mass is 9.96. The maximum atomic E-state index is 11.3. The molecule has 5 nitrogen and oxygen atoms in total. The van der Waals surface area contributed by atoms with E-state index in [1.165, 1.54) is 18.4 Å². The summed E-state index contributed by atoms with van der Waals surface area (Å²) in [7, 11) is 0. The molecule has 4 rings (SSSR count). The van der Waals surface area contributed by atoms with E-state index in [1.807, 2.05) is 24.4 Å². The normalized spacial score (nSPS) is 20.3. The first-order valence-electron chi connectivity index (χ1n) is 11.2. The Hall–Kier alpha value is -2.56. The largest absolute Gasteiger partial charge is 0.489 e. The molecule has 2 fully saturated rings. The van der Waals surface area contributed by atoms with Gasteiger partial charge in [-0.1, -0.05) is 19.1 Å². The Morgan fingerprint density at radius 1 is 1.03 bits per heavy atom. The van der Waals surface area contributed by atoms with Crippen molar-refractivity contribution in [3.8, 4) is 11.5 Å². The fraction of sp³-hybridized carbons (Fsp3) is 0.520. The predicted molar refractivity (Wildman–Crippen MR) is 119 cm³/mol. The Bertz CT molecular complexity index is 828. The zero-order valence-electron chi connectivity index (χ0n) is 18.0. The first kappa shape index (κ1) is 20.7. The van der Waals surface area contributed by atoms with Crippen LogP contribution >= 0.6 is 0 Å². The Morgan fingerprint density at radius 2 is 1.73 bits per heavy atom. The molecule has 0 radical (unpaired) electrons. The topological polar surface area (TPSA) is 51.7 Å². The lowest BCUT2D eigenvalue weighted by Crippen LogP contribution is -2.25. The molecule has 2 heterocycles. The van der Waals surface area contributed by atoms with Crippen molar-refractivity contribution in [3.05, 3.63) is 48.2 Å². The van der Waals surface area contributed by atoms with Crippen LogP contribution in [0.25, 0.3) is 0 Å². The molecule has 0 bridgehead atoms. The Morgan fingerprint density at radius 3 is 2.40 bits per heavy atom. The molecule has 2 aromatic rings. The first-order chi connectivity index (χ1) is 14.6. The molecule has 0 spiro atoms. The third-order valence-corrected chi connectivity index (χ3v) is 6.14. The van der Waals surface area contributed by atoms with Crippen LogP contribution in [-0.2, 0) is 4.79 Å². The molecule has 1 aliphatic carbocycles. The molecule has 0 amide bonds. The van der Waals surface area contributed by atoms with E-state index in [9.17, 15) is 4.79 Å². The van der Waals surface area contributed by atoms with Crippen LogP contribution in [-0.4, -0.2) is 36.1 Å². The summed E-state index contributed by atoms with van der Waals surface area (Å²) in [6.07, 6.45) is 8.77. The van der Waals surface area contributed by atoms with Gasteiger partial charge in [0.2, 0.25) is 0 Å². The Kier molecular flexibility index (Phi) is 6.56. The number of carbonyl (C=O) groups is 1. The number of pyridine rings is 1. The van der Waals surface area contributed by atoms with Crippen molar-refractivity contribution in [2.45, 2.75) is 70.5 Å². The van der Waals surface area contributed by atoms with E-state index in [0.29, 0.717) is 12.5 Å². The Labute approximate surface area is 179 Å². The van der Waals surface area contributed by atoms with E-state index in [2.05, 4.69) is 35.0 Å². The molecule has 160 valence electrons.